The van der Waals surface area contributed by atoms with Crippen molar-refractivity contribution in [2.45, 2.75) is 19.6 Å². The number of nitriles is 1. The summed E-state index contributed by atoms with van der Waals surface area (Å²) in [6, 6.07) is 18.3. The summed E-state index contributed by atoms with van der Waals surface area (Å²) in [5.41, 5.74) is 1.46. The second-order valence-electron chi connectivity index (χ2n) is 5.57. The van der Waals surface area contributed by atoms with E-state index in [-0.39, 0.29) is 12.5 Å². The minimum atomic E-state index is -0.684. The van der Waals surface area contributed by atoms with E-state index in [1.54, 1.807) is 37.5 Å². The Bertz CT molecular complexity index is 913. The molecule has 0 aliphatic carbocycles. The molecule has 7 heteroatoms. The maximum atomic E-state index is 12.3. The Morgan fingerprint density at radius 2 is 1.96 bits per heavy atom. The quantitative estimate of drug-likeness (QED) is 0.738. The van der Waals surface area contributed by atoms with Gasteiger partial charge in [0.15, 0.2) is 11.9 Å². The Morgan fingerprint density at radius 1 is 1.23 bits per heavy atom. The van der Waals surface area contributed by atoms with Crippen molar-refractivity contribution in [3.63, 3.8) is 0 Å². The Balaban J connectivity index is 1.59. The van der Waals surface area contributed by atoms with Gasteiger partial charge in [0, 0.05) is 5.69 Å². The van der Waals surface area contributed by atoms with Crippen LogP contribution in [0.5, 0.6) is 5.75 Å². The van der Waals surface area contributed by atoms with Crippen LogP contribution in [0.15, 0.2) is 60.9 Å². The average molecular weight is 347 g/mol. The molecule has 0 radical (unpaired) electrons. The topological polar surface area (TPSA) is 92.8 Å². The van der Waals surface area contributed by atoms with E-state index in [0.29, 0.717) is 17.1 Å². The highest BCUT2D eigenvalue weighted by Gasteiger charge is 2.16. The first kappa shape index (κ1) is 17.2. The van der Waals surface area contributed by atoms with Crippen molar-refractivity contribution in [1.82, 2.24) is 20.1 Å². The van der Waals surface area contributed by atoms with Gasteiger partial charge in [0.2, 0.25) is 0 Å². The molecule has 26 heavy (non-hydrogen) atoms. The van der Waals surface area contributed by atoms with E-state index in [4.69, 9.17) is 10.00 Å². The number of ether oxygens (including phenoxy) is 1. The number of nitrogens with one attached hydrogen (secondary N) is 1. The van der Waals surface area contributed by atoms with Gasteiger partial charge in [0.1, 0.15) is 12.1 Å². The highest BCUT2D eigenvalue weighted by Crippen LogP contribution is 2.14. The Morgan fingerprint density at radius 3 is 2.65 bits per heavy atom. The molecule has 130 valence electrons. The number of para-hydroxylation sites is 1. The first-order valence-corrected chi connectivity index (χ1v) is 8.06. The molecule has 0 saturated heterocycles. The first-order valence-electron chi connectivity index (χ1n) is 8.06. The summed E-state index contributed by atoms with van der Waals surface area (Å²) < 4.78 is 7.41. The molecule has 0 fully saturated rings. The highest BCUT2D eigenvalue weighted by molar-refractivity contribution is 5.80. The van der Waals surface area contributed by atoms with Crippen molar-refractivity contribution in [2.24, 2.45) is 0 Å². The van der Waals surface area contributed by atoms with Crippen molar-refractivity contribution in [3.05, 3.63) is 72.3 Å². The molecule has 0 unspecified atom stereocenters. The number of hydrogen-bond acceptors (Lipinski definition) is 5. The van der Waals surface area contributed by atoms with E-state index in [1.165, 1.54) is 0 Å². The lowest BCUT2D eigenvalue weighted by Gasteiger charge is -2.15. The largest absolute Gasteiger partial charge is 0.481 e. The molecule has 1 atom stereocenters. The number of aromatic nitrogens is 3. The van der Waals surface area contributed by atoms with E-state index in [0.717, 1.165) is 5.69 Å². The zero-order valence-electron chi connectivity index (χ0n) is 14.2. The summed E-state index contributed by atoms with van der Waals surface area (Å²) in [5.74, 6) is 0.881. The Labute approximate surface area is 150 Å². The summed E-state index contributed by atoms with van der Waals surface area (Å²) in [5, 5.41) is 19.6. The van der Waals surface area contributed by atoms with Gasteiger partial charge in [-0.1, -0.05) is 18.2 Å². The molecular weight excluding hydrogens is 330 g/mol. The number of carbonyl (C=O) groups excluding carboxylic acids is 1. The number of nitrogens with zero attached hydrogens (tertiary/aromatic N) is 4. The third kappa shape index (κ3) is 4.05. The van der Waals surface area contributed by atoms with Crippen LogP contribution in [-0.2, 0) is 11.3 Å². The molecule has 3 rings (SSSR count). The van der Waals surface area contributed by atoms with Crippen LogP contribution in [0.4, 0.5) is 0 Å². The van der Waals surface area contributed by atoms with Crippen LogP contribution in [-0.4, -0.2) is 26.8 Å². The maximum absolute atomic E-state index is 12.3. The van der Waals surface area contributed by atoms with Gasteiger partial charge in [-0.3, -0.25) is 9.36 Å². The summed E-state index contributed by atoms with van der Waals surface area (Å²) in [6.07, 6.45) is 0.920. The SMILES string of the molecule is C[C@H](Oc1ccc(C#N)cc1)C(=O)NCc1nncn1-c1ccccc1. The molecule has 1 aromatic heterocycles. The standard InChI is InChI=1S/C19H17N5O2/c1-14(26-17-9-7-15(11-20)8-10-17)19(25)21-12-18-23-22-13-24(18)16-5-3-2-4-6-16/h2-10,13-14H,12H2,1H3,(H,21,25)/t14-/m0/s1. The first-order chi connectivity index (χ1) is 12.7. The number of rotatable bonds is 6. The third-order valence-electron chi connectivity index (χ3n) is 3.74. The van der Waals surface area contributed by atoms with E-state index in [9.17, 15) is 4.79 Å². The van der Waals surface area contributed by atoms with Gasteiger partial charge < -0.3 is 10.1 Å². The number of carbonyl (C=O) groups is 1. The summed E-state index contributed by atoms with van der Waals surface area (Å²) in [6.45, 7) is 1.89. The van der Waals surface area contributed by atoms with Gasteiger partial charge in [-0.25, -0.2) is 0 Å². The van der Waals surface area contributed by atoms with Crippen molar-refractivity contribution in [3.8, 4) is 17.5 Å². The Kier molecular flexibility index (Phi) is 5.25. The zero-order valence-corrected chi connectivity index (χ0v) is 14.2. The van der Waals surface area contributed by atoms with Crippen LogP contribution in [0.25, 0.3) is 5.69 Å². The van der Waals surface area contributed by atoms with E-state index >= 15 is 0 Å². The third-order valence-corrected chi connectivity index (χ3v) is 3.74. The average Bonchev–Trinajstić information content (AvgIpc) is 3.16. The Hall–Kier alpha value is -3.66. The van der Waals surface area contributed by atoms with E-state index < -0.39 is 6.10 Å². The fourth-order valence-electron chi connectivity index (χ4n) is 2.36. The van der Waals surface area contributed by atoms with Gasteiger partial charge in [0.25, 0.3) is 5.91 Å². The van der Waals surface area contributed by atoms with Gasteiger partial charge in [-0.05, 0) is 43.3 Å². The lowest BCUT2D eigenvalue weighted by atomic mass is 10.2. The van der Waals surface area contributed by atoms with Gasteiger partial charge in [-0.2, -0.15) is 5.26 Å². The molecule has 0 saturated carbocycles. The van der Waals surface area contributed by atoms with Gasteiger partial charge in [-0.15, -0.1) is 10.2 Å². The van der Waals surface area contributed by atoms with Crippen LogP contribution in [0.2, 0.25) is 0 Å². The van der Waals surface area contributed by atoms with Crippen LogP contribution in [0, 0.1) is 11.3 Å². The molecule has 0 spiro atoms. The summed E-state index contributed by atoms with van der Waals surface area (Å²) >= 11 is 0. The molecule has 1 amide bonds. The zero-order chi connectivity index (χ0) is 18.4. The van der Waals surface area contributed by atoms with Crippen molar-refractivity contribution >= 4 is 5.91 Å². The van der Waals surface area contributed by atoms with Gasteiger partial charge >= 0.3 is 0 Å². The predicted molar refractivity (Wildman–Crippen MR) is 94.5 cm³/mol. The minimum Gasteiger partial charge on any atom is -0.481 e. The molecular formula is C19H17N5O2. The number of benzene rings is 2. The summed E-state index contributed by atoms with van der Waals surface area (Å²) in [7, 11) is 0. The lowest BCUT2D eigenvalue weighted by Crippen LogP contribution is -2.36. The number of hydrogen-bond donors (Lipinski definition) is 1. The normalized spacial score (nSPS) is 11.4. The van der Waals surface area contributed by atoms with E-state index in [1.807, 2.05) is 41.0 Å². The lowest BCUT2D eigenvalue weighted by molar-refractivity contribution is -0.127. The minimum absolute atomic E-state index is 0.231. The molecule has 7 nitrogen and oxygen atoms in total. The van der Waals surface area contributed by atoms with Crippen molar-refractivity contribution in [1.29, 1.82) is 5.26 Å². The smallest absolute Gasteiger partial charge is 0.261 e. The molecule has 3 aromatic rings. The second kappa shape index (κ2) is 7.94. The summed E-state index contributed by atoms with van der Waals surface area (Å²) in [4.78, 5) is 12.3. The van der Waals surface area contributed by atoms with E-state index in [2.05, 4.69) is 15.5 Å². The maximum Gasteiger partial charge on any atom is 0.261 e. The van der Waals surface area contributed by atoms with Crippen molar-refractivity contribution in [2.75, 3.05) is 0 Å². The molecule has 0 aliphatic rings. The molecule has 1 heterocycles. The second-order valence-corrected chi connectivity index (χ2v) is 5.57. The fraction of sp³-hybridized carbons (Fsp3) is 0.158. The molecule has 0 aliphatic heterocycles. The van der Waals surface area contributed by atoms with Gasteiger partial charge in [0.05, 0.1) is 18.2 Å². The van der Waals surface area contributed by atoms with Crippen LogP contribution >= 0.6 is 0 Å². The van der Waals surface area contributed by atoms with Crippen LogP contribution < -0.4 is 10.1 Å². The molecule has 1 N–H and O–H groups in total. The van der Waals surface area contributed by atoms with Crippen molar-refractivity contribution < 1.29 is 9.53 Å². The van der Waals surface area contributed by atoms with Crippen LogP contribution in [0.1, 0.15) is 18.3 Å². The monoisotopic (exact) mass is 347 g/mol. The van der Waals surface area contributed by atoms with Crippen LogP contribution in [0.3, 0.4) is 0 Å². The fourth-order valence-corrected chi connectivity index (χ4v) is 2.36. The molecule has 0 bridgehead atoms. The predicted octanol–water partition coefficient (Wildman–Crippen LogP) is 2.22. The molecule has 2 aromatic carbocycles. The highest BCUT2D eigenvalue weighted by atomic mass is 16.5. The number of amides is 1.